The van der Waals surface area contributed by atoms with Crippen LogP contribution in [0.4, 0.5) is 4.79 Å². The molecule has 1 unspecified atom stereocenters. The predicted molar refractivity (Wildman–Crippen MR) is 139 cm³/mol. The predicted octanol–water partition coefficient (Wildman–Crippen LogP) is 6.55. The Bertz CT molecular complexity index is 636. The standard InChI is InChI=1S/C27H50N4O2/c1-7-8-9-10-11-12-13-14-15-16-17-18-21-26(29(2)3)31(6)23-24-25(20-19-22-28-24)33-27(32)30(4)5/h19-20,22,26H,7-18,21,23H2,1-6H3. The number of hydrogen-bond acceptors (Lipinski definition) is 5. The third-order valence-electron chi connectivity index (χ3n) is 6.23. The minimum Gasteiger partial charge on any atom is -0.408 e. The maximum Gasteiger partial charge on any atom is 0.414 e. The molecule has 1 rings (SSSR count). The van der Waals surface area contributed by atoms with E-state index in [1.165, 1.54) is 81.9 Å². The molecule has 0 aliphatic rings. The molecule has 1 aromatic heterocycles. The first kappa shape index (κ1) is 29.4. The van der Waals surface area contributed by atoms with Gasteiger partial charge in [0.15, 0.2) is 5.75 Å². The lowest BCUT2D eigenvalue weighted by Crippen LogP contribution is -2.42. The largest absolute Gasteiger partial charge is 0.414 e. The van der Waals surface area contributed by atoms with Gasteiger partial charge in [0.1, 0.15) is 0 Å². The van der Waals surface area contributed by atoms with E-state index >= 15 is 0 Å². The van der Waals surface area contributed by atoms with Gasteiger partial charge in [-0.2, -0.15) is 0 Å². The second-order valence-corrected chi connectivity index (χ2v) is 9.75. The lowest BCUT2D eigenvalue weighted by molar-refractivity contribution is 0.0851. The number of carbonyl (C=O) groups excluding carboxylic acids is 1. The number of nitrogens with zero attached hydrogens (tertiary/aromatic N) is 4. The molecule has 1 amide bonds. The van der Waals surface area contributed by atoms with E-state index in [9.17, 15) is 4.79 Å². The summed E-state index contributed by atoms with van der Waals surface area (Å²) in [5, 5.41) is 0. The molecular weight excluding hydrogens is 412 g/mol. The molecule has 6 nitrogen and oxygen atoms in total. The molecule has 0 bridgehead atoms. The zero-order chi connectivity index (χ0) is 24.5. The van der Waals surface area contributed by atoms with Crippen molar-refractivity contribution in [3.05, 3.63) is 24.0 Å². The summed E-state index contributed by atoms with van der Waals surface area (Å²) < 4.78 is 5.51. The third-order valence-corrected chi connectivity index (χ3v) is 6.23. The molecule has 0 saturated carbocycles. The van der Waals surface area contributed by atoms with Crippen molar-refractivity contribution in [3.63, 3.8) is 0 Å². The number of amides is 1. The van der Waals surface area contributed by atoms with E-state index in [0.29, 0.717) is 18.5 Å². The van der Waals surface area contributed by atoms with E-state index in [-0.39, 0.29) is 6.09 Å². The molecule has 0 fully saturated rings. The highest BCUT2D eigenvalue weighted by Crippen LogP contribution is 2.21. The smallest absolute Gasteiger partial charge is 0.408 e. The molecule has 190 valence electrons. The second kappa shape index (κ2) is 17.8. The molecule has 0 radical (unpaired) electrons. The Morgan fingerprint density at radius 3 is 1.94 bits per heavy atom. The van der Waals surface area contributed by atoms with Crippen molar-refractivity contribution in [1.29, 1.82) is 0 Å². The lowest BCUT2D eigenvalue weighted by atomic mass is 10.0. The molecule has 1 heterocycles. The number of pyridine rings is 1. The number of aromatic nitrogens is 1. The van der Waals surface area contributed by atoms with Crippen LogP contribution in [-0.2, 0) is 6.54 Å². The Kier molecular flexibility index (Phi) is 15.8. The molecule has 0 aliphatic heterocycles. The highest BCUT2D eigenvalue weighted by Gasteiger charge is 2.20. The van der Waals surface area contributed by atoms with Crippen LogP contribution in [0.25, 0.3) is 0 Å². The Balaban J connectivity index is 2.34. The van der Waals surface area contributed by atoms with Gasteiger partial charge in [0.2, 0.25) is 0 Å². The van der Waals surface area contributed by atoms with Crippen molar-refractivity contribution in [2.75, 3.05) is 35.2 Å². The van der Waals surface area contributed by atoms with Crippen LogP contribution in [0, 0.1) is 0 Å². The fourth-order valence-corrected chi connectivity index (χ4v) is 4.20. The van der Waals surface area contributed by atoms with Crippen LogP contribution in [0.1, 0.15) is 96.1 Å². The third kappa shape index (κ3) is 13.0. The highest BCUT2D eigenvalue weighted by molar-refractivity contribution is 5.70. The Hall–Kier alpha value is -1.66. The maximum atomic E-state index is 12.0. The summed E-state index contributed by atoms with van der Waals surface area (Å²) in [7, 11) is 9.75. The van der Waals surface area contributed by atoms with Crippen molar-refractivity contribution >= 4 is 6.09 Å². The van der Waals surface area contributed by atoms with Gasteiger partial charge in [-0.25, -0.2) is 4.79 Å². The van der Waals surface area contributed by atoms with Gasteiger partial charge in [0.25, 0.3) is 0 Å². The van der Waals surface area contributed by atoms with Gasteiger partial charge in [0.05, 0.1) is 11.9 Å². The van der Waals surface area contributed by atoms with Gasteiger partial charge in [-0.1, -0.05) is 84.0 Å². The van der Waals surface area contributed by atoms with Crippen molar-refractivity contribution in [3.8, 4) is 5.75 Å². The molecule has 0 aromatic carbocycles. The second-order valence-electron chi connectivity index (χ2n) is 9.75. The lowest BCUT2D eigenvalue weighted by Gasteiger charge is -2.33. The topological polar surface area (TPSA) is 48.9 Å². The quantitative estimate of drug-likeness (QED) is 0.183. The minimum absolute atomic E-state index is 0.326. The van der Waals surface area contributed by atoms with Crippen molar-refractivity contribution < 1.29 is 9.53 Å². The van der Waals surface area contributed by atoms with Crippen LogP contribution in [0.5, 0.6) is 5.75 Å². The minimum atomic E-state index is -0.382. The number of rotatable bonds is 18. The average Bonchev–Trinajstić information content (AvgIpc) is 2.77. The molecular formula is C27H50N4O2. The van der Waals surface area contributed by atoms with Gasteiger partial charge in [-0.05, 0) is 39.7 Å². The molecule has 1 aromatic rings. The molecule has 0 spiro atoms. The summed E-state index contributed by atoms with van der Waals surface area (Å²) in [6.45, 7) is 2.92. The van der Waals surface area contributed by atoms with Gasteiger partial charge < -0.3 is 9.64 Å². The van der Waals surface area contributed by atoms with E-state index in [2.05, 4.69) is 42.9 Å². The summed E-state index contributed by atoms with van der Waals surface area (Å²) in [6.07, 6.45) is 19.3. The van der Waals surface area contributed by atoms with Crippen LogP contribution in [0.2, 0.25) is 0 Å². The van der Waals surface area contributed by atoms with Gasteiger partial charge in [-0.3, -0.25) is 14.8 Å². The fraction of sp³-hybridized carbons (Fsp3) is 0.778. The van der Waals surface area contributed by atoms with Crippen molar-refractivity contribution in [2.24, 2.45) is 0 Å². The number of hydrogen-bond donors (Lipinski definition) is 0. The van der Waals surface area contributed by atoms with Crippen molar-refractivity contribution in [2.45, 2.75) is 103 Å². The molecule has 6 heteroatoms. The van der Waals surface area contributed by atoms with Crippen LogP contribution < -0.4 is 4.74 Å². The highest BCUT2D eigenvalue weighted by atomic mass is 16.6. The van der Waals surface area contributed by atoms with Crippen LogP contribution in [0.15, 0.2) is 18.3 Å². The van der Waals surface area contributed by atoms with Crippen molar-refractivity contribution in [1.82, 2.24) is 19.7 Å². The monoisotopic (exact) mass is 462 g/mol. The van der Waals surface area contributed by atoms with Crippen LogP contribution in [0.3, 0.4) is 0 Å². The Morgan fingerprint density at radius 1 is 0.879 bits per heavy atom. The first-order chi connectivity index (χ1) is 15.9. The molecule has 0 N–H and O–H groups in total. The summed E-state index contributed by atoms with van der Waals surface area (Å²) >= 11 is 0. The van der Waals surface area contributed by atoms with E-state index in [0.717, 1.165) is 12.1 Å². The first-order valence-corrected chi connectivity index (χ1v) is 13.1. The normalized spacial score (nSPS) is 12.4. The van der Waals surface area contributed by atoms with Crippen LogP contribution >= 0.6 is 0 Å². The number of unbranched alkanes of at least 4 members (excludes halogenated alkanes) is 11. The van der Waals surface area contributed by atoms with E-state index in [4.69, 9.17) is 4.74 Å². The SMILES string of the molecule is CCCCCCCCCCCCCCC(N(C)C)N(C)Cc1ncccc1OC(=O)N(C)C. The number of ether oxygens (including phenoxy) is 1. The van der Waals surface area contributed by atoms with Crippen LogP contribution in [-0.4, -0.2) is 67.2 Å². The van der Waals surface area contributed by atoms with E-state index in [1.54, 1.807) is 26.4 Å². The summed E-state index contributed by atoms with van der Waals surface area (Å²) in [5.41, 5.74) is 0.789. The van der Waals surface area contributed by atoms with Gasteiger partial charge in [-0.15, -0.1) is 0 Å². The summed E-state index contributed by atoms with van der Waals surface area (Å²) in [5.74, 6) is 0.533. The van der Waals surface area contributed by atoms with E-state index < -0.39 is 0 Å². The summed E-state index contributed by atoms with van der Waals surface area (Å²) in [4.78, 5) is 22.5. The fourth-order valence-electron chi connectivity index (χ4n) is 4.20. The zero-order valence-electron chi connectivity index (χ0n) is 22.3. The zero-order valence-corrected chi connectivity index (χ0v) is 22.3. The maximum absolute atomic E-state index is 12.0. The van der Waals surface area contributed by atoms with Gasteiger partial charge in [0, 0.05) is 26.8 Å². The first-order valence-electron chi connectivity index (χ1n) is 13.1. The Labute approximate surface area is 203 Å². The Morgan fingerprint density at radius 2 is 1.42 bits per heavy atom. The summed E-state index contributed by atoms with van der Waals surface area (Å²) in [6, 6.07) is 3.62. The molecule has 0 saturated heterocycles. The average molecular weight is 463 g/mol. The van der Waals surface area contributed by atoms with E-state index in [1.807, 2.05) is 6.07 Å². The molecule has 1 atom stereocenters. The van der Waals surface area contributed by atoms with Gasteiger partial charge >= 0.3 is 6.09 Å². The molecule has 33 heavy (non-hydrogen) atoms. The molecule has 0 aliphatic carbocycles. The number of carbonyl (C=O) groups is 1.